The van der Waals surface area contributed by atoms with E-state index in [-0.39, 0.29) is 0 Å². The van der Waals surface area contributed by atoms with Crippen LogP contribution in [0.4, 0.5) is 0 Å². The molecule has 3 unspecified atom stereocenters. The number of ether oxygens (including phenoxy) is 3. The van der Waals surface area contributed by atoms with Gasteiger partial charge < -0.3 is 14.2 Å². The summed E-state index contributed by atoms with van der Waals surface area (Å²) in [4.78, 5) is 0. The zero-order valence-corrected chi connectivity index (χ0v) is 16.2. The van der Waals surface area contributed by atoms with Crippen molar-refractivity contribution in [1.82, 2.24) is 0 Å². The van der Waals surface area contributed by atoms with Crippen molar-refractivity contribution >= 4 is 0 Å². The van der Waals surface area contributed by atoms with Gasteiger partial charge in [0.1, 0.15) is 0 Å². The maximum atomic E-state index is 6.19. The molecule has 0 aliphatic heterocycles. The maximum Gasteiger partial charge on any atom is 0.0608 e. The van der Waals surface area contributed by atoms with Crippen LogP contribution in [0.2, 0.25) is 0 Å². The van der Waals surface area contributed by atoms with Crippen molar-refractivity contribution in [2.24, 2.45) is 23.7 Å². The molecule has 3 heteroatoms. The van der Waals surface area contributed by atoms with Gasteiger partial charge in [0, 0.05) is 33.0 Å². The summed E-state index contributed by atoms with van der Waals surface area (Å²) in [5.41, 5.74) is 0. The van der Waals surface area contributed by atoms with Gasteiger partial charge in [0.2, 0.25) is 0 Å². The van der Waals surface area contributed by atoms with E-state index < -0.39 is 0 Å². The SMILES string of the molecule is CC(C)COCCCOCCCOC1CC(C)CCC1C(C)C. The number of rotatable bonds is 12. The van der Waals surface area contributed by atoms with Crippen LogP contribution in [0.1, 0.15) is 66.7 Å². The molecule has 1 fully saturated rings. The lowest BCUT2D eigenvalue weighted by Gasteiger charge is -2.37. The Morgan fingerprint density at radius 2 is 1.52 bits per heavy atom. The smallest absolute Gasteiger partial charge is 0.0608 e. The molecule has 0 heterocycles. The maximum absolute atomic E-state index is 6.19. The van der Waals surface area contributed by atoms with E-state index in [1.54, 1.807) is 0 Å². The van der Waals surface area contributed by atoms with E-state index in [1.165, 1.54) is 19.3 Å². The van der Waals surface area contributed by atoms with Crippen LogP contribution in [-0.4, -0.2) is 39.1 Å². The molecule has 3 atom stereocenters. The predicted molar refractivity (Wildman–Crippen MR) is 96.8 cm³/mol. The van der Waals surface area contributed by atoms with Crippen molar-refractivity contribution < 1.29 is 14.2 Å². The molecule has 1 rings (SSSR count). The average Bonchev–Trinajstić information content (AvgIpc) is 2.48. The molecule has 0 bridgehead atoms. The van der Waals surface area contributed by atoms with Crippen LogP contribution in [0.15, 0.2) is 0 Å². The summed E-state index contributed by atoms with van der Waals surface area (Å²) in [5, 5.41) is 0. The van der Waals surface area contributed by atoms with Crippen LogP contribution in [-0.2, 0) is 14.2 Å². The standard InChI is InChI=1S/C20H40O3/c1-16(2)15-22-12-6-10-21-11-7-13-23-20-14-18(5)8-9-19(20)17(3)4/h16-20H,6-15H2,1-5H3. The van der Waals surface area contributed by atoms with Gasteiger partial charge in [0.25, 0.3) is 0 Å². The van der Waals surface area contributed by atoms with Crippen LogP contribution in [0.25, 0.3) is 0 Å². The normalized spacial score (nSPS) is 25.4. The highest BCUT2D eigenvalue weighted by Crippen LogP contribution is 2.35. The fourth-order valence-electron chi connectivity index (χ4n) is 3.39. The molecule has 1 aliphatic rings. The van der Waals surface area contributed by atoms with E-state index >= 15 is 0 Å². The molecule has 0 N–H and O–H groups in total. The third-order valence-corrected chi connectivity index (χ3v) is 4.75. The zero-order chi connectivity index (χ0) is 17.1. The van der Waals surface area contributed by atoms with Gasteiger partial charge in [0.15, 0.2) is 0 Å². The molecule has 0 amide bonds. The third kappa shape index (κ3) is 9.69. The van der Waals surface area contributed by atoms with E-state index in [0.29, 0.717) is 12.0 Å². The van der Waals surface area contributed by atoms with E-state index in [0.717, 1.165) is 63.6 Å². The molecular weight excluding hydrogens is 288 g/mol. The van der Waals surface area contributed by atoms with Crippen molar-refractivity contribution in [2.75, 3.05) is 33.0 Å². The summed E-state index contributed by atoms with van der Waals surface area (Å²) < 4.78 is 17.4. The van der Waals surface area contributed by atoms with Gasteiger partial charge in [0.05, 0.1) is 6.10 Å². The molecule has 3 nitrogen and oxygen atoms in total. The fraction of sp³-hybridized carbons (Fsp3) is 1.00. The van der Waals surface area contributed by atoms with Crippen molar-refractivity contribution in [1.29, 1.82) is 0 Å². The topological polar surface area (TPSA) is 27.7 Å². The Labute approximate surface area is 144 Å². The molecule has 1 saturated carbocycles. The first-order valence-electron chi connectivity index (χ1n) is 9.77. The Bertz CT molecular complexity index is 278. The highest BCUT2D eigenvalue weighted by molar-refractivity contribution is 4.81. The molecule has 0 aromatic rings. The summed E-state index contributed by atoms with van der Waals surface area (Å²) in [6.07, 6.45) is 6.38. The second kappa shape index (κ2) is 12.3. The second-order valence-corrected chi connectivity index (χ2v) is 8.02. The summed E-state index contributed by atoms with van der Waals surface area (Å²) >= 11 is 0. The zero-order valence-electron chi connectivity index (χ0n) is 16.2. The van der Waals surface area contributed by atoms with Crippen molar-refractivity contribution in [3.8, 4) is 0 Å². The van der Waals surface area contributed by atoms with E-state index in [9.17, 15) is 0 Å². The monoisotopic (exact) mass is 328 g/mol. The molecule has 0 saturated heterocycles. The van der Waals surface area contributed by atoms with Crippen LogP contribution < -0.4 is 0 Å². The van der Waals surface area contributed by atoms with Crippen LogP contribution in [0.3, 0.4) is 0 Å². The lowest BCUT2D eigenvalue weighted by Crippen LogP contribution is -2.34. The lowest BCUT2D eigenvalue weighted by atomic mass is 9.75. The molecule has 138 valence electrons. The van der Waals surface area contributed by atoms with Crippen molar-refractivity contribution in [3.05, 3.63) is 0 Å². The summed E-state index contributed by atoms with van der Waals surface area (Å²) in [5.74, 6) is 2.90. The van der Waals surface area contributed by atoms with Crippen LogP contribution in [0, 0.1) is 23.7 Å². The minimum Gasteiger partial charge on any atom is -0.381 e. The minimum absolute atomic E-state index is 0.461. The third-order valence-electron chi connectivity index (χ3n) is 4.75. The Morgan fingerprint density at radius 3 is 2.17 bits per heavy atom. The molecule has 0 spiro atoms. The molecule has 0 aromatic carbocycles. The molecule has 0 radical (unpaired) electrons. The van der Waals surface area contributed by atoms with Crippen molar-refractivity contribution in [2.45, 2.75) is 72.8 Å². The molecule has 23 heavy (non-hydrogen) atoms. The minimum atomic E-state index is 0.461. The van der Waals surface area contributed by atoms with E-state index in [4.69, 9.17) is 14.2 Å². The Balaban J connectivity index is 1.99. The molecule has 0 aromatic heterocycles. The number of hydrogen-bond donors (Lipinski definition) is 0. The largest absolute Gasteiger partial charge is 0.381 e. The first-order valence-corrected chi connectivity index (χ1v) is 9.77. The highest BCUT2D eigenvalue weighted by Gasteiger charge is 2.31. The number of hydrogen-bond acceptors (Lipinski definition) is 3. The quantitative estimate of drug-likeness (QED) is 0.475. The first kappa shape index (κ1) is 20.9. The van der Waals surface area contributed by atoms with Gasteiger partial charge in [-0.3, -0.25) is 0 Å². The Hall–Kier alpha value is -0.120. The molecular formula is C20H40O3. The van der Waals surface area contributed by atoms with Crippen LogP contribution in [0.5, 0.6) is 0 Å². The van der Waals surface area contributed by atoms with Gasteiger partial charge >= 0.3 is 0 Å². The molecule has 1 aliphatic carbocycles. The second-order valence-electron chi connectivity index (χ2n) is 8.02. The van der Waals surface area contributed by atoms with Crippen molar-refractivity contribution in [3.63, 3.8) is 0 Å². The van der Waals surface area contributed by atoms with Gasteiger partial charge in [-0.05, 0) is 49.4 Å². The van der Waals surface area contributed by atoms with Crippen LogP contribution >= 0.6 is 0 Å². The fourth-order valence-corrected chi connectivity index (χ4v) is 3.39. The first-order chi connectivity index (χ1) is 11.0. The Morgan fingerprint density at radius 1 is 0.870 bits per heavy atom. The summed E-state index contributed by atoms with van der Waals surface area (Å²) in [6.45, 7) is 15.5. The van der Waals surface area contributed by atoms with Gasteiger partial charge in [-0.2, -0.15) is 0 Å². The summed E-state index contributed by atoms with van der Waals surface area (Å²) in [7, 11) is 0. The average molecular weight is 329 g/mol. The van der Waals surface area contributed by atoms with Gasteiger partial charge in [-0.25, -0.2) is 0 Å². The van der Waals surface area contributed by atoms with Gasteiger partial charge in [-0.1, -0.05) is 41.0 Å². The van der Waals surface area contributed by atoms with E-state index in [1.807, 2.05) is 0 Å². The lowest BCUT2D eigenvalue weighted by molar-refractivity contribution is -0.0448. The Kier molecular flexibility index (Phi) is 11.2. The highest BCUT2D eigenvalue weighted by atomic mass is 16.5. The predicted octanol–water partition coefficient (Wildman–Crippen LogP) is 4.93. The van der Waals surface area contributed by atoms with E-state index in [2.05, 4.69) is 34.6 Å². The van der Waals surface area contributed by atoms with Gasteiger partial charge in [-0.15, -0.1) is 0 Å². The summed E-state index contributed by atoms with van der Waals surface area (Å²) in [6, 6.07) is 0.